The molecule has 90 valence electrons. The van der Waals surface area contributed by atoms with Crippen LogP contribution in [-0.4, -0.2) is 34.1 Å². The molecule has 1 atom stereocenters. The Morgan fingerprint density at radius 2 is 2.38 bits per heavy atom. The minimum atomic E-state index is -4.53. The SMILES string of the molecule is CC(NC(=O)OCC(F)(F)F)c1ncn[nH]1. The maximum absolute atomic E-state index is 11.7. The van der Waals surface area contributed by atoms with Gasteiger partial charge in [-0.1, -0.05) is 0 Å². The average Bonchev–Trinajstić information content (AvgIpc) is 2.66. The summed E-state index contributed by atoms with van der Waals surface area (Å²) in [6.07, 6.45) is -4.48. The molecule has 0 saturated heterocycles. The highest BCUT2D eigenvalue weighted by atomic mass is 19.4. The van der Waals surface area contributed by atoms with Gasteiger partial charge in [0, 0.05) is 0 Å². The maximum Gasteiger partial charge on any atom is 0.422 e. The summed E-state index contributed by atoms with van der Waals surface area (Å²) in [5, 5.41) is 8.15. The van der Waals surface area contributed by atoms with E-state index in [4.69, 9.17) is 0 Å². The zero-order valence-corrected chi connectivity index (χ0v) is 8.21. The molecule has 6 nitrogen and oxygen atoms in total. The van der Waals surface area contributed by atoms with Crippen LogP contribution < -0.4 is 5.32 Å². The fourth-order valence-electron chi connectivity index (χ4n) is 0.858. The van der Waals surface area contributed by atoms with E-state index < -0.39 is 24.9 Å². The van der Waals surface area contributed by atoms with E-state index >= 15 is 0 Å². The molecule has 1 heterocycles. The molecule has 2 N–H and O–H groups in total. The van der Waals surface area contributed by atoms with Gasteiger partial charge in [0.05, 0.1) is 6.04 Å². The third-order valence-electron chi connectivity index (χ3n) is 1.55. The first-order valence-corrected chi connectivity index (χ1v) is 4.24. The lowest BCUT2D eigenvalue weighted by atomic mass is 10.3. The Labute approximate surface area is 88.2 Å². The highest BCUT2D eigenvalue weighted by Crippen LogP contribution is 2.14. The number of aromatic amines is 1. The van der Waals surface area contributed by atoms with Gasteiger partial charge in [-0.05, 0) is 6.92 Å². The molecule has 0 radical (unpaired) electrons. The van der Waals surface area contributed by atoms with Crippen molar-refractivity contribution < 1.29 is 22.7 Å². The first kappa shape index (κ1) is 12.3. The van der Waals surface area contributed by atoms with E-state index in [0.29, 0.717) is 5.82 Å². The van der Waals surface area contributed by atoms with Crippen LogP contribution in [0.4, 0.5) is 18.0 Å². The minimum absolute atomic E-state index is 0.323. The van der Waals surface area contributed by atoms with Gasteiger partial charge in [-0.2, -0.15) is 18.3 Å². The van der Waals surface area contributed by atoms with E-state index in [0.717, 1.165) is 0 Å². The van der Waals surface area contributed by atoms with Crippen molar-refractivity contribution in [2.75, 3.05) is 6.61 Å². The lowest BCUT2D eigenvalue weighted by Crippen LogP contribution is -2.31. The van der Waals surface area contributed by atoms with Crippen molar-refractivity contribution in [3.8, 4) is 0 Å². The number of hydrogen-bond donors (Lipinski definition) is 2. The number of ether oxygens (including phenoxy) is 1. The van der Waals surface area contributed by atoms with Crippen LogP contribution in [0.15, 0.2) is 6.33 Å². The van der Waals surface area contributed by atoms with E-state index in [-0.39, 0.29) is 0 Å². The predicted octanol–water partition coefficient (Wildman–Crippen LogP) is 1.15. The number of rotatable bonds is 3. The number of nitrogens with one attached hydrogen (secondary N) is 2. The summed E-state index contributed by atoms with van der Waals surface area (Å²) < 4.78 is 39.0. The summed E-state index contributed by atoms with van der Waals surface area (Å²) in [6, 6.07) is -0.608. The fourth-order valence-corrected chi connectivity index (χ4v) is 0.858. The van der Waals surface area contributed by atoms with Crippen LogP contribution >= 0.6 is 0 Å². The van der Waals surface area contributed by atoms with Crippen LogP contribution in [0, 0.1) is 0 Å². The van der Waals surface area contributed by atoms with E-state index in [9.17, 15) is 18.0 Å². The van der Waals surface area contributed by atoms with Gasteiger partial charge in [-0.3, -0.25) is 5.10 Å². The molecule has 1 unspecified atom stereocenters. The van der Waals surface area contributed by atoms with Gasteiger partial charge in [-0.25, -0.2) is 9.78 Å². The van der Waals surface area contributed by atoms with Crippen LogP contribution in [0.5, 0.6) is 0 Å². The van der Waals surface area contributed by atoms with Crippen molar-refractivity contribution in [1.82, 2.24) is 20.5 Å². The van der Waals surface area contributed by atoms with Gasteiger partial charge in [-0.15, -0.1) is 0 Å². The Morgan fingerprint density at radius 3 is 2.88 bits per heavy atom. The molecule has 0 aliphatic heterocycles. The number of aromatic nitrogens is 3. The summed E-state index contributed by atoms with van der Waals surface area (Å²) >= 11 is 0. The number of amides is 1. The van der Waals surface area contributed by atoms with Gasteiger partial charge >= 0.3 is 12.3 Å². The molecule has 16 heavy (non-hydrogen) atoms. The summed E-state index contributed by atoms with van der Waals surface area (Å²) in [5.41, 5.74) is 0. The second-order valence-electron chi connectivity index (χ2n) is 2.93. The molecule has 0 fully saturated rings. The van der Waals surface area contributed by atoms with E-state index in [1.165, 1.54) is 13.3 Å². The van der Waals surface area contributed by atoms with Crippen LogP contribution in [0.1, 0.15) is 18.8 Å². The minimum Gasteiger partial charge on any atom is -0.440 e. The lowest BCUT2D eigenvalue weighted by Gasteiger charge is -2.12. The summed E-state index contributed by atoms with van der Waals surface area (Å²) in [4.78, 5) is 14.6. The van der Waals surface area contributed by atoms with Gasteiger partial charge in [0.1, 0.15) is 12.2 Å². The first-order chi connectivity index (χ1) is 7.38. The molecule has 1 amide bonds. The number of H-pyrrole nitrogens is 1. The zero-order chi connectivity index (χ0) is 12.2. The molecule has 0 bridgehead atoms. The number of hydrogen-bond acceptors (Lipinski definition) is 4. The van der Waals surface area contributed by atoms with E-state index in [1.54, 1.807) is 0 Å². The molecular formula is C7H9F3N4O2. The standard InChI is InChI=1S/C7H9F3N4O2/c1-4(5-11-3-12-14-5)13-6(15)16-2-7(8,9)10/h3-4H,2H2,1H3,(H,13,15)(H,11,12,14). The van der Waals surface area contributed by atoms with Crippen LogP contribution in [0.2, 0.25) is 0 Å². The quantitative estimate of drug-likeness (QED) is 0.827. The molecule has 0 spiro atoms. The second kappa shape index (κ2) is 4.81. The fraction of sp³-hybridized carbons (Fsp3) is 0.571. The maximum atomic E-state index is 11.7. The first-order valence-electron chi connectivity index (χ1n) is 4.24. The largest absolute Gasteiger partial charge is 0.440 e. The van der Waals surface area contributed by atoms with Gasteiger partial charge in [0.2, 0.25) is 0 Å². The Hall–Kier alpha value is -1.80. The number of alkyl halides is 3. The highest BCUT2D eigenvalue weighted by Gasteiger charge is 2.29. The number of carbonyl (C=O) groups excluding carboxylic acids is 1. The molecule has 1 aromatic rings. The smallest absolute Gasteiger partial charge is 0.422 e. The van der Waals surface area contributed by atoms with Gasteiger partial charge in [0.15, 0.2) is 6.61 Å². The Morgan fingerprint density at radius 1 is 1.69 bits per heavy atom. The second-order valence-corrected chi connectivity index (χ2v) is 2.93. The van der Waals surface area contributed by atoms with Crippen LogP contribution in [0.3, 0.4) is 0 Å². The number of halogens is 3. The Kier molecular flexibility index (Phi) is 3.69. The van der Waals surface area contributed by atoms with Crippen molar-refractivity contribution in [3.63, 3.8) is 0 Å². The molecule has 0 aromatic carbocycles. The number of alkyl carbamates (subject to hydrolysis) is 1. The molecule has 9 heteroatoms. The third-order valence-corrected chi connectivity index (χ3v) is 1.55. The Bertz CT molecular complexity index is 338. The average molecular weight is 238 g/mol. The van der Waals surface area contributed by atoms with Crippen molar-refractivity contribution in [1.29, 1.82) is 0 Å². The monoisotopic (exact) mass is 238 g/mol. The normalized spacial score (nSPS) is 13.2. The Balaban J connectivity index is 2.35. The lowest BCUT2D eigenvalue weighted by molar-refractivity contribution is -0.160. The van der Waals surface area contributed by atoms with Crippen molar-refractivity contribution in [2.24, 2.45) is 0 Å². The van der Waals surface area contributed by atoms with Crippen molar-refractivity contribution in [2.45, 2.75) is 19.1 Å². The summed E-state index contributed by atoms with van der Waals surface area (Å²) in [5.74, 6) is 0.323. The molecule has 0 aliphatic rings. The molecule has 1 aromatic heterocycles. The van der Waals surface area contributed by atoms with Gasteiger partial charge < -0.3 is 10.1 Å². The van der Waals surface area contributed by atoms with Gasteiger partial charge in [0.25, 0.3) is 0 Å². The number of nitrogens with zero attached hydrogens (tertiary/aromatic N) is 2. The van der Waals surface area contributed by atoms with Crippen molar-refractivity contribution >= 4 is 6.09 Å². The third kappa shape index (κ3) is 4.15. The predicted molar refractivity (Wildman–Crippen MR) is 45.3 cm³/mol. The highest BCUT2D eigenvalue weighted by molar-refractivity contribution is 5.67. The van der Waals surface area contributed by atoms with Crippen LogP contribution in [0.25, 0.3) is 0 Å². The number of carbonyl (C=O) groups is 1. The summed E-state index contributed by atoms with van der Waals surface area (Å²) in [6.45, 7) is -0.0999. The molecular weight excluding hydrogens is 229 g/mol. The molecule has 0 saturated carbocycles. The van der Waals surface area contributed by atoms with E-state index in [1.807, 2.05) is 0 Å². The van der Waals surface area contributed by atoms with Crippen molar-refractivity contribution in [3.05, 3.63) is 12.2 Å². The van der Waals surface area contributed by atoms with Crippen LogP contribution in [-0.2, 0) is 4.74 Å². The zero-order valence-electron chi connectivity index (χ0n) is 8.21. The topological polar surface area (TPSA) is 79.9 Å². The summed E-state index contributed by atoms with van der Waals surface area (Å²) in [7, 11) is 0. The molecule has 0 aliphatic carbocycles. The van der Waals surface area contributed by atoms with E-state index in [2.05, 4.69) is 25.2 Å². The molecule has 1 rings (SSSR count).